The molecule has 0 aliphatic rings. The van der Waals surface area contributed by atoms with Crippen molar-refractivity contribution in [3.05, 3.63) is 6.92 Å². The van der Waals surface area contributed by atoms with Crippen molar-refractivity contribution in [1.82, 2.24) is 0 Å². The van der Waals surface area contributed by atoms with E-state index in [4.69, 9.17) is 0 Å². The smallest absolute Gasteiger partial charge is 0.135 e. The van der Waals surface area contributed by atoms with Crippen LogP contribution in [0.1, 0.15) is 39.5 Å². The second-order valence-corrected chi connectivity index (χ2v) is 2.82. The van der Waals surface area contributed by atoms with Crippen LogP contribution < -0.4 is 0 Å². The average Bonchev–Trinajstić information content (AvgIpc) is 1.88. The first-order chi connectivity index (χ1) is 4.68. The highest BCUT2D eigenvalue weighted by atomic mass is 16.1. The molecule has 0 aliphatic carbocycles. The number of hydrogen-bond donors (Lipinski definition) is 0. The number of ketones is 1. The Morgan fingerprint density at radius 2 is 2.10 bits per heavy atom. The van der Waals surface area contributed by atoms with Crippen LogP contribution in [-0.4, -0.2) is 5.78 Å². The van der Waals surface area contributed by atoms with Crippen molar-refractivity contribution < 1.29 is 4.79 Å². The van der Waals surface area contributed by atoms with Gasteiger partial charge in [0.05, 0.1) is 0 Å². The minimum Gasteiger partial charge on any atom is -0.299 e. The van der Waals surface area contributed by atoms with Gasteiger partial charge in [0.25, 0.3) is 0 Å². The van der Waals surface area contributed by atoms with Crippen LogP contribution in [-0.2, 0) is 4.79 Å². The van der Waals surface area contributed by atoms with Crippen LogP contribution in [0.2, 0.25) is 0 Å². The summed E-state index contributed by atoms with van der Waals surface area (Å²) in [5.41, 5.74) is 0. The number of hydrogen-bond acceptors (Lipinski definition) is 1. The van der Waals surface area contributed by atoms with Crippen molar-refractivity contribution in [2.45, 2.75) is 39.5 Å². The average molecular weight is 141 g/mol. The summed E-state index contributed by atoms with van der Waals surface area (Å²) in [6, 6.07) is 0. The van der Waals surface area contributed by atoms with Gasteiger partial charge in [-0.3, -0.25) is 4.79 Å². The second kappa shape index (κ2) is 5.45. The van der Waals surface area contributed by atoms with Gasteiger partial charge in [0.2, 0.25) is 0 Å². The molecule has 0 heterocycles. The predicted octanol–water partition coefficient (Wildman–Crippen LogP) is 2.61. The van der Waals surface area contributed by atoms with E-state index >= 15 is 0 Å². The maximum absolute atomic E-state index is 11.0. The molecule has 10 heavy (non-hydrogen) atoms. The minimum absolute atomic E-state index is 0.0168. The Morgan fingerprint density at radius 1 is 1.50 bits per heavy atom. The Labute approximate surface area is 63.8 Å². The SMILES string of the molecule is [CH2]C(C)C(=O)CCCCC. The third-order valence-electron chi connectivity index (χ3n) is 1.58. The monoisotopic (exact) mass is 141 g/mol. The van der Waals surface area contributed by atoms with Crippen LogP contribution in [0.15, 0.2) is 0 Å². The minimum atomic E-state index is -0.0168. The van der Waals surface area contributed by atoms with E-state index in [2.05, 4.69) is 13.8 Å². The third-order valence-corrected chi connectivity index (χ3v) is 1.58. The molecule has 59 valence electrons. The first-order valence-corrected chi connectivity index (χ1v) is 4.04. The third kappa shape index (κ3) is 4.54. The van der Waals surface area contributed by atoms with E-state index in [0.717, 1.165) is 12.8 Å². The topological polar surface area (TPSA) is 17.1 Å². The van der Waals surface area contributed by atoms with Crippen molar-refractivity contribution in [3.8, 4) is 0 Å². The fourth-order valence-corrected chi connectivity index (χ4v) is 0.796. The fraction of sp³-hybridized carbons (Fsp3) is 0.778. The molecule has 1 unspecified atom stereocenters. The lowest BCUT2D eigenvalue weighted by Crippen LogP contribution is -2.06. The zero-order chi connectivity index (χ0) is 7.98. The molecule has 0 N–H and O–H groups in total. The lowest BCUT2D eigenvalue weighted by Gasteiger charge is -2.01. The quantitative estimate of drug-likeness (QED) is 0.538. The van der Waals surface area contributed by atoms with Gasteiger partial charge in [0.15, 0.2) is 0 Å². The van der Waals surface area contributed by atoms with Gasteiger partial charge in [-0.05, 0) is 13.3 Å². The summed E-state index contributed by atoms with van der Waals surface area (Å²) in [6.45, 7) is 7.66. The molecule has 0 aromatic rings. The Balaban J connectivity index is 3.22. The van der Waals surface area contributed by atoms with Crippen LogP contribution >= 0.6 is 0 Å². The molecule has 0 fully saturated rings. The van der Waals surface area contributed by atoms with Gasteiger partial charge in [-0.2, -0.15) is 0 Å². The molecule has 1 atom stereocenters. The van der Waals surface area contributed by atoms with Crippen molar-refractivity contribution >= 4 is 5.78 Å². The van der Waals surface area contributed by atoms with Crippen molar-refractivity contribution in [2.24, 2.45) is 5.92 Å². The standard InChI is InChI=1S/C9H17O/c1-4-5-6-7-9(10)8(2)3/h8H,2,4-7H2,1,3H3. The van der Waals surface area contributed by atoms with Gasteiger partial charge in [-0.25, -0.2) is 0 Å². The molecule has 1 radical (unpaired) electrons. The first-order valence-electron chi connectivity index (χ1n) is 4.04. The molecule has 0 spiro atoms. The molecule has 0 aromatic heterocycles. The fourth-order valence-electron chi connectivity index (χ4n) is 0.796. The predicted molar refractivity (Wildman–Crippen MR) is 43.7 cm³/mol. The summed E-state index contributed by atoms with van der Waals surface area (Å²) < 4.78 is 0. The number of carbonyl (C=O) groups excluding carboxylic acids is 1. The molecule has 0 amide bonds. The Kier molecular flexibility index (Phi) is 5.27. The van der Waals surface area contributed by atoms with E-state index in [9.17, 15) is 4.79 Å². The summed E-state index contributed by atoms with van der Waals surface area (Å²) >= 11 is 0. The number of carbonyl (C=O) groups is 1. The molecule has 0 rings (SSSR count). The van der Waals surface area contributed by atoms with Gasteiger partial charge < -0.3 is 0 Å². The molecule has 1 nitrogen and oxygen atoms in total. The van der Waals surface area contributed by atoms with Crippen LogP contribution in [0.25, 0.3) is 0 Å². The summed E-state index contributed by atoms with van der Waals surface area (Å²) in [5, 5.41) is 0. The lowest BCUT2D eigenvalue weighted by molar-refractivity contribution is -0.121. The van der Waals surface area contributed by atoms with E-state index in [1.165, 1.54) is 12.8 Å². The van der Waals surface area contributed by atoms with E-state index in [1.54, 1.807) is 0 Å². The highest BCUT2D eigenvalue weighted by Gasteiger charge is 2.04. The van der Waals surface area contributed by atoms with Gasteiger partial charge in [0, 0.05) is 12.3 Å². The van der Waals surface area contributed by atoms with E-state index in [1.807, 2.05) is 6.92 Å². The molecular formula is C9H17O. The largest absolute Gasteiger partial charge is 0.299 e. The number of rotatable bonds is 5. The molecule has 0 aliphatic heterocycles. The number of Topliss-reactive ketones (excluding diaryl/α,β-unsaturated/α-hetero) is 1. The molecule has 0 aromatic carbocycles. The maximum Gasteiger partial charge on any atom is 0.135 e. The molecule has 0 bridgehead atoms. The zero-order valence-electron chi connectivity index (χ0n) is 7.02. The summed E-state index contributed by atoms with van der Waals surface area (Å²) in [4.78, 5) is 11.0. The highest BCUT2D eigenvalue weighted by Crippen LogP contribution is 2.04. The Morgan fingerprint density at radius 3 is 2.50 bits per heavy atom. The van der Waals surface area contributed by atoms with Crippen molar-refractivity contribution in [1.29, 1.82) is 0 Å². The number of unbranched alkanes of at least 4 members (excludes halogenated alkanes) is 2. The van der Waals surface area contributed by atoms with Gasteiger partial charge >= 0.3 is 0 Å². The Hall–Kier alpha value is -0.330. The van der Waals surface area contributed by atoms with Crippen LogP contribution in [0.5, 0.6) is 0 Å². The summed E-state index contributed by atoms with van der Waals surface area (Å²) in [6.07, 6.45) is 4.10. The lowest BCUT2D eigenvalue weighted by atomic mass is 10.0. The molecule has 0 saturated heterocycles. The Bertz CT molecular complexity index is 94.9. The van der Waals surface area contributed by atoms with E-state index in [-0.39, 0.29) is 5.92 Å². The van der Waals surface area contributed by atoms with E-state index < -0.39 is 0 Å². The van der Waals surface area contributed by atoms with Crippen molar-refractivity contribution in [3.63, 3.8) is 0 Å². The maximum atomic E-state index is 11.0. The van der Waals surface area contributed by atoms with Crippen LogP contribution in [0.4, 0.5) is 0 Å². The summed E-state index contributed by atoms with van der Waals surface area (Å²) in [7, 11) is 0. The molecule has 0 saturated carbocycles. The van der Waals surface area contributed by atoms with Gasteiger partial charge in [0.1, 0.15) is 5.78 Å². The zero-order valence-corrected chi connectivity index (χ0v) is 7.02. The van der Waals surface area contributed by atoms with Crippen molar-refractivity contribution in [2.75, 3.05) is 0 Å². The normalized spacial score (nSPS) is 10.4. The van der Waals surface area contributed by atoms with Gasteiger partial charge in [-0.1, -0.05) is 26.7 Å². The van der Waals surface area contributed by atoms with Gasteiger partial charge in [-0.15, -0.1) is 0 Å². The molecular weight excluding hydrogens is 124 g/mol. The highest BCUT2D eigenvalue weighted by molar-refractivity contribution is 5.81. The van der Waals surface area contributed by atoms with Crippen LogP contribution in [0, 0.1) is 12.8 Å². The van der Waals surface area contributed by atoms with Crippen LogP contribution in [0.3, 0.4) is 0 Å². The van der Waals surface area contributed by atoms with E-state index in [0.29, 0.717) is 5.78 Å². The second-order valence-electron chi connectivity index (χ2n) is 2.82. The first kappa shape index (κ1) is 9.67. The molecule has 1 heteroatoms. The summed E-state index contributed by atoms with van der Waals surface area (Å²) in [5.74, 6) is 0.283.